The van der Waals surface area contributed by atoms with Crippen molar-refractivity contribution in [2.75, 3.05) is 13.6 Å². The Morgan fingerprint density at radius 1 is 1.11 bits per heavy atom. The van der Waals surface area contributed by atoms with Crippen LogP contribution in [0.15, 0.2) is 0 Å². The number of carbonyl (C=O) groups excluding carboxylic acids is 1. The molecule has 3 heteroatoms. The molecule has 0 aromatic carbocycles. The molecule has 0 aromatic rings. The van der Waals surface area contributed by atoms with E-state index in [9.17, 15) is 4.79 Å². The lowest BCUT2D eigenvalue weighted by Gasteiger charge is -2.41. The lowest BCUT2D eigenvalue weighted by Crippen LogP contribution is -2.44. The molecule has 19 heavy (non-hydrogen) atoms. The summed E-state index contributed by atoms with van der Waals surface area (Å²) >= 11 is 0. The molecule has 0 atom stereocenters. The summed E-state index contributed by atoms with van der Waals surface area (Å²) in [7, 11) is 2.02. The zero-order valence-electron chi connectivity index (χ0n) is 12.8. The molecular weight excluding hydrogens is 236 g/mol. The van der Waals surface area contributed by atoms with Crippen LogP contribution in [-0.4, -0.2) is 25.5 Å². The first-order valence-electron chi connectivity index (χ1n) is 7.98. The highest BCUT2D eigenvalue weighted by molar-refractivity contribution is 5.78. The predicted octanol–water partition coefficient (Wildman–Crippen LogP) is 2.71. The Labute approximate surface area is 117 Å². The Morgan fingerprint density at radius 2 is 1.74 bits per heavy atom. The van der Waals surface area contributed by atoms with Gasteiger partial charge in [0.25, 0.3) is 0 Å². The molecule has 0 heterocycles. The molecule has 0 radical (unpaired) electrons. The van der Waals surface area contributed by atoms with Gasteiger partial charge in [0.2, 0.25) is 5.91 Å². The van der Waals surface area contributed by atoms with Crippen molar-refractivity contribution in [1.82, 2.24) is 10.6 Å². The van der Waals surface area contributed by atoms with Gasteiger partial charge in [-0.2, -0.15) is 0 Å². The van der Waals surface area contributed by atoms with Crippen LogP contribution < -0.4 is 10.6 Å². The van der Waals surface area contributed by atoms with E-state index >= 15 is 0 Å². The minimum atomic E-state index is 0.252. The molecule has 2 rings (SSSR count). The van der Waals surface area contributed by atoms with Crippen LogP contribution in [0, 0.1) is 17.3 Å². The summed E-state index contributed by atoms with van der Waals surface area (Å²) in [6.07, 6.45) is 8.42. The number of hydrogen-bond donors (Lipinski definition) is 2. The van der Waals surface area contributed by atoms with Crippen LogP contribution in [0.2, 0.25) is 0 Å². The topological polar surface area (TPSA) is 41.1 Å². The molecule has 2 aliphatic rings. The van der Waals surface area contributed by atoms with Crippen LogP contribution in [0.5, 0.6) is 0 Å². The number of rotatable bonds is 5. The standard InChI is InChI=1S/C16H30N2O/c1-16(2,13-5-4-6-13)11-18-15(19)12-7-9-14(17-3)10-8-12/h12-14,17H,4-11H2,1-3H3,(H,18,19). The summed E-state index contributed by atoms with van der Waals surface area (Å²) < 4.78 is 0. The molecule has 2 N–H and O–H groups in total. The van der Waals surface area contributed by atoms with Gasteiger partial charge in [-0.25, -0.2) is 0 Å². The van der Waals surface area contributed by atoms with Crippen molar-refractivity contribution in [2.45, 2.75) is 64.8 Å². The first-order chi connectivity index (χ1) is 9.03. The third-order valence-electron chi connectivity index (χ3n) is 5.43. The molecule has 0 aromatic heterocycles. The number of carbonyl (C=O) groups is 1. The van der Waals surface area contributed by atoms with Gasteiger partial charge in [-0.1, -0.05) is 20.3 Å². The van der Waals surface area contributed by atoms with Gasteiger partial charge in [0.05, 0.1) is 0 Å². The maximum absolute atomic E-state index is 12.2. The second-order valence-corrected chi connectivity index (χ2v) is 7.17. The molecule has 3 nitrogen and oxygen atoms in total. The average Bonchev–Trinajstić information content (AvgIpc) is 2.33. The Kier molecular flexibility index (Phi) is 4.88. The smallest absolute Gasteiger partial charge is 0.223 e. The van der Waals surface area contributed by atoms with Crippen LogP contribution in [0.25, 0.3) is 0 Å². The van der Waals surface area contributed by atoms with E-state index in [4.69, 9.17) is 0 Å². The molecule has 2 fully saturated rings. The van der Waals surface area contributed by atoms with Crippen LogP contribution >= 0.6 is 0 Å². The van der Waals surface area contributed by atoms with Crippen molar-refractivity contribution in [3.05, 3.63) is 0 Å². The Balaban J connectivity index is 1.72. The van der Waals surface area contributed by atoms with Gasteiger partial charge in [0.15, 0.2) is 0 Å². The third kappa shape index (κ3) is 3.71. The average molecular weight is 266 g/mol. The SMILES string of the molecule is CNC1CCC(C(=O)NCC(C)(C)C2CCC2)CC1. The molecule has 1 amide bonds. The lowest BCUT2D eigenvalue weighted by molar-refractivity contribution is -0.126. The number of amides is 1. The molecule has 0 unspecified atom stereocenters. The van der Waals surface area contributed by atoms with E-state index in [1.807, 2.05) is 7.05 Å². The van der Waals surface area contributed by atoms with Crippen LogP contribution in [0.3, 0.4) is 0 Å². The fraction of sp³-hybridized carbons (Fsp3) is 0.938. The van der Waals surface area contributed by atoms with Gasteiger partial charge in [-0.3, -0.25) is 4.79 Å². The van der Waals surface area contributed by atoms with E-state index in [0.29, 0.717) is 11.9 Å². The van der Waals surface area contributed by atoms with Gasteiger partial charge >= 0.3 is 0 Å². The van der Waals surface area contributed by atoms with Gasteiger partial charge in [0, 0.05) is 18.5 Å². The Bertz CT molecular complexity index is 302. The van der Waals surface area contributed by atoms with E-state index in [0.717, 1.165) is 38.1 Å². The summed E-state index contributed by atoms with van der Waals surface area (Å²) in [5, 5.41) is 6.53. The molecule has 0 aliphatic heterocycles. The van der Waals surface area contributed by atoms with Crippen molar-refractivity contribution in [3.63, 3.8) is 0 Å². The highest BCUT2D eigenvalue weighted by Crippen LogP contribution is 2.41. The van der Waals surface area contributed by atoms with Crippen molar-refractivity contribution < 1.29 is 4.79 Å². The molecule has 2 aliphatic carbocycles. The normalized spacial score (nSPS) is 28.8. The molecule has 0 bridgehead atoms. The van der Waals surface area contributed by atoms with E-state index in [2.05, 4.69) is 24.5 Å². The maximum atomic E-state index is 12.2. The van der Waals surface area contributed by atoms with Gasteiger partial charge in [0.1, 0.15) is 0 Å². The van der Waals surface area contributed by atoms with E-state index in [-0.39, 0.29) is 11.3 Å². The molecular formula is C16H30N2O. The van der Waals surface area contributed by atoms with Crippen molar-refractivity contribution >= 4 is 5.91 Å². The fourth-order valence-electron chi connectivity index (χ4n) is 3.44. The van der Waals surface area contributed by atoms with Crippen molar-refractivity contribution in [2.24, 2.45) is 17.3 Å². The highest BCUT2D eigenvalue weighted by atomic mass is 16.1. The largest absolute Gasteiger partial charge is 0.355 e. The quantitative estimate of drug-likeness (QED) is 0.803. The minimum absolute atomic E-state index is 0.252. The molecule has 0 saturated heterocycles. The number of nitrogens with one attached hydrogen (secondary N) is 2. The van der Waals surface area contributed by atoms with Crippen LogP contribution in [0.1, 0.15) is 58.8 Å². The third-order valence-corrected chi connectivity index (χ3v) is 5.43. The summed E-state index contributed by atoms with van der Waals surface area (Å²) in [4.78, 5) is 12.2. The van der Waals surface area contributed by atoms with E-state index in [1.165, 1.54) is 19.3 Å². The zero-order chi connectivity index (χ0) is 13.9. The van der Waals surface area contributed by atoms with Crippen LogP contribution in [0.4, 0.5) is 0 Å². The second kappa shape index (κ2) is 6.25. The van der Waals surface area contributed by atoms with E-state index in [1.54, 1.807) is 0 Å². The number of hydrogen-bond acceptors (Lipinski definition) is 2. The second-order valence-electron chi connectivity index (χ2n) is 7.17. The monoisotopic (exact) mass is 266 g/mol. The van der Waals surface area contributed by atoms with Crippen molar-refractivity contribution in [1.29, 1.82) is 0 Å². The summed E-state index contributed by atoms with van der Waals surface area (Å²) in [5.74, 6) is 1.36. The predicted molar refractivity (Wildman–Crippen MR) is 78.9 cm³/mol. The Morgan fingerprint density at radius 3 is 2.21 bits per heavy atom. The van der Waals surface area contributed by atoms with Crippen molar-refractivity contribution in [3.8, 4) is 0 Å². The molecule has 110 valence electrons. The van der Waals surface area contributed by atoms with Gasteiger partial charge in [-0.05, 0) is 56.9 Å². The van der Waals surface area contributed by atoms with E-state index < -0.39 is 0 Å². The molecule has 0 spiro atoms. The summed E-state index contributed by atoms with van der Waals surface area (Å²) in [6.45, 7) is 5.45. The zero-order valence-corrected chi connectivity index (χ0v) is 12.8. The summed E-state index contributed by atoms with van der Waals surface area (Å²) in [6, 6.07) is 0.621. The Hall–Kier alpha value is -0.570. The first-order valence-corrected chi connectivity index (χ1v) is 7.98. The molecule has 2 saturated carbocycles. The highest BCUT2D eigenvalue weighted by Gasteiger charge is 2.34. The maximum Gasteiger partial charge on any atom is 0.223 e. The van der Waals surface area contributed by atoms with Gasteiger partial charge in [-0.15, -0.1) is 0 Å². The fourth-order valence-corrected chi connectivity index (χ4v) is 3.44. The van der Waals surface area contributed by atoms with Crippen LogP contribution in [-0.2, 0) is 4.79 Å². The van der Waals surface area contributed by atoms with Gasteiger partial charge < -0.3 is 10.6 Å². The first kappa shape index (κ1) is 14.8. The summed E-state index contributed by atoms with van der Waals surface area (Å²) in [5.41, 5.74) is 0.274. The lowest BCUT2D eigenvalue weighted by atomic mass is 9.67. The minimum Gasteiger partial charge on any atom is -0.355 e.